The average molecular weight is 232 g/mol. The Balaban J connectivity index is 2.15. The van der Waals surface area contributed by atoms with Gasteiger partial charge in [0.1, 0.15) is 0 Å². The zero-order valence-corrected chi connectivity index (χ0v) is 9.69. The first kappa shape index (κ1) is 11.6. The van der Waals surface area contributed by atoms with Crippen molar-refractivity contribution in [1.29, 1.82) is 0 Å². The summed E-state index contributed by atoms with van der Waals surface area (Å²) >= 11 is 0. The maximum atomic E-state index is 11.8. The molecular weight excluding hydrogens is 216 g/mol. The number of nitrogen functional groups attached to an aromatic ring is 1. The Morgan fingerprint density at radius 3 is 2.35 bits per heavy atom. The van der Waals surface area contributed by atoms with E-state index in [-0.39, 0.29) is 11.8 Å². The summed E-state index contributed by atoms with van der Waals surface area (Å²) in [6.07, 6.45) is 2.54. The lowest BCUT2D eigenvalue weighted by Gasteiger charge is -2.18. The van der Waals surface area contributed by atoms with Crippen molar-refractivity contribution in [2.45, 2.75) is 32.2 Å². The van der Waals surface area contributed by atoms with E-state index in [4.69, 9.17) is 5.73 Å². The van der Waals surface area contributed by atoms with Crippen molar-refractivity contribution in [2.75, 3.05) is 5.73 Å². The Hall–Kier alpha value is -1.84. The lowest BCUT2D eigenvalue weighted by Crippen LogP contribution is -2.34. The SMILES string of the molecule is Nc1cccc(CN2C(=O)CCCCC2=O)c1. The lowest BCUT2D eigenvalue weighted by molar-refractivity contribution is -0.144. The number of nitrogens with two attached hydrogens (primary N) is 1. The highest BCUT2D eigenvalue weighted by Crippen LogP contribution is 2.16. The van der Waals surface area contributed by atoms with Crippen molar-refractivity contribution in [3.8, 4) is 0 Å². The third kappa shape index (κ3) is 2.84. The van der Waals surface area contributed by atoms with Gasteiger partial charge in [0.25, 0.3) is 0 Å². The molecule has 2 N–H and O–H groups in total. The van der Waals surface area contributed by atoms with Crippen LogP contribution in [0.3, 0.4) is 0 Å². The smallest absolute Gasteiger partial charge is 0.229 e. The monoisotopic (exact) mass is 232 g/mol. The van der Waals surface area contributed by atoms with Gasteiger partial charge < -0.3 is 5.73 Å². The molecular formula is C13H16N2O2. The number of nitrogens with zero attached hydrogens (tertiary/aromatic N) is 1. The predicted octanol–water partition coefficient (Wildman–Crippen LogP) is 1.70. The number of rotatable bonds is 2. The summed E-state index contributed by atoms with van der Waals surface area (Å²) in [7, 11) is 0. The van der Waals surface area contributed by atoms with E-state index in [1.807, 2.05) is 12.1 Å². The van der Waals surface area contributed by atoms with Crippen LogP contribution in [0.15, 0.2) is 24.3 Å². The highest BCUT2D eigenvalue weighted by Gasteiger charge is 2.23. The van der Waals surface area contributed by atoms with Gasteiger partial charge in [-0.25, -0.2) is 0 Å². The number of carbonyl (C=O) groups is 2. The van der Waals surface area contributed by atoms with Crippen LogP contribution in [0.2, 0.25) is 0 Å². The second-order valence-corrected chi connectivity index (χ2v) is 4.33. The lowest BCUT2D eigenvalue weighted by atomic mass is 10.2. The molecule has 2 amide bonds. The van der Waals surface area contributed by atoms with E-state index in [1.165, 1.54) is 4.90 Å². The van der Waals surface area contributed by atoms with Crippen LogP contribution < -0.4 is 5.73 Å². The molecule has 1 heterocycles. The maximum Gasteiger partial charge on any atom is 0.229 e. The number of imide groups is 1. The van der Waals surface area contributed by atoms with E-state index in [9.17, 15) is 9.59 Å². The number of anilines is 1. The topological polar surface area (TPSA) is 63.4 Å². The minimum atomic E-state index is -0.0741. The van der Waals surface area contributed by atoms with Gasteiger partial charge in [0.15, 0.2) is 0 Å². The van der Waals surface area contributed by atoms with Crippen LogP contribution in [0.25, 0.3) is 0 Å². The zero-order valence-electron chi connectivity index (χ0n) is 9.69. The van der Waals surface area contributed by atoms with Gasteiger partial charge >= 0.3 is 0 Å². The van der Waals surface area contributed by atoms with Crippen LogP contribution in [0.1, 0.15) is 31.2 Å². The fourth-order valence-corrected chi connectivity index (χ4v) is 2.01. The summed E-state index contributed by atoms with van der Waals surface area (Å²) in [5.41, 5.74) is 7.22. The summed E-state index contributed by atoms with van der Waals surface area (Å²) in [5.74, 6) is -0.148. The largest absolute Gasteiger partial charge is 0.399 e. The molecule has 0 saturated carbocycles. The highest BCUT2D eigenvalue weighted by atomic mass is 16.2. The van der Waals surface area contributed by atoms with Gasteiger partial charge in [-0.05, 0) is 30.5 Å². The first-order chi connectivity index (χ1) is 8.16. The Morgan fingerprint density at radius 2 is 1.76 bits per heavy atom. The molecule has 1 fully saturated rings. The summed E-state index contributed by atoms with van der Waals surface area (Å²) in [6.45, 7) is 0.336. The molecule has 0 spiro atoms. The molecule has 17 heavy (non-hydrogen) atoms. The van der Waals surface area contributed by atoms with Crippen molar-refractivity contribution in [3.05, 3.63) is 29.8 Å². The Labute approximate surface area is 100 Å². The summed E-state index contributed by atoms with van der Waals surface area (Å²) in [6, 6.07) is 7.29. The quantitative estimate of drug-likeness (QED) is 0.623. The minimum absolute atomic E-state index is 0.0741. The van der Waals surface area contributed by atoms with E-state index < -0.39 is 0 Å². The van der Waals surface area contributed by atoms with E-state index in [1.54, 1.807) is 12.1 Å². The summed E-state index contributed by atoms with van der Waals surface area (Å²) < 4.78 is 0. The summed E-state index contributed by atoms with van der Waals surface area (Å²) in [5, 5.41) is 0. The molecule has 1 aromatic carbocycles. The van der Waals surface area contributed by atoms with Crippen LogP contribution in [0.4, 0.5) is 5.69 Å². The van der Waals surface area contributed by atoms with Crippen LogP contribution in [-0.2, 0) is 16.1 Å². The first-order valence-corrected chi connectivity index (χ1v) is 5.84. The Morgan fingerprint density at radius 1 is 1.12 bits per heavy atom. The highest BCUT2D eigenvalue weighted by molar-refractivity contribution is 5.95. The molecule has 0 atom stereocenters. The molecule has 1 aliphatic rings. The fourth-order valence-electron chi connectivity index (χ4n) is 2.01. The summed E-state index contributed by atoms with van der Waals surface area (Å²) in [4.78, 5) is 24.9. The van der Waals surface area contributed by atoms with Crippen molar-refractivity contribution in [1.82, 2.24) is 4.90 Å². The van der Waals surface area contributed by atoms with E-state index in [2.05, 4.69) is 0 Å². The third-order valence-corrected chi connectivity index (χ3v) is 2.93. The van der Waals surface area contributed by atoms with Crippen LogP contribution in [0, 0.1) is 0 Å². The van der Waals surface area contributed by atoms with Gasteiger partial charge in [-0.3, -0.25) is 14.5 Å². The number of hydrogen-bond acceptors (Lipinski definition) is 3. The standard InChI is InChI=1S/C13H16N2O2/c14-11-5-3-4-10(8-11)9-15-12(16)6-1-2-7-13(15)17/h3-5,8H,1-2,6-7,9,14H2. The zero-order chi connectivity index (χ0) is 12.3. The fraction of sp³-hybridized carbons (Fsp3) is 0.385. The average Bonchev–Trinajstić information content (AvgIpc) is 2.44. The number of benzene rings is 1. The van der Waals surface area contributed by atoms with Gasteiger partial charge in [-0.15, -0.1) is 0 Å². The second kappa shape index (κ2) is 4.99. The predicted molar refractivity (Wildman–Crippen MR) is 64.9 cm³/mol. The molecule has 1 saturated heterocycles. The molecule has 0 bridgehead atoms. The van der Waals surface area contributed by atoms with Gasteiger partial charge in [0.05, 0.1) is 6.54 Å². The molecule has 4 heteroatoms. The minimum Gasteiger partial charge on any atom is -0.399 e. The number of likely N-dealkylation sites (tertiary alicyclic amines) is 1. The van der Waals surface area contributed by atoms with E-state index in [0.717, 1.165) is 18.4 Å². The van der Waals surface area contributed by atoms with Crippen molar-refractivity contribution >= 4 is 17.5 Å². The molecule has 1 aromatic rings. The van der Waals surface area contributed by atoms with Crippen LogP contribution in [0.5, 0.6) is 0 Å². The van der Waals surface area contributed by atoms with Gasteiger partial charge in [0, 0.05) is 18.5 Å². The normalized spacial score (nSPS) is 17.1. The molecule has 0 radical (unpaired) electrons. The van der Waals surface area contributed by atoms with Crippen LogP contribution in [-0.4, -0.2) is 16.7 Å². The molecule has 4 nitrogen and oxygen atoms in total. The number of hydrogen-bond donors (Lipinski definition) is 1. The van der Waals surface area contributed by atoms with Crippen molar-refractivity contribution < 1.29 is 9.59 Å². The van der Waals surface area contributed by atoms with E-state index in [0.29, 0.717) is 25.1 Å². The van der Waals surface area contributed by atoms with Gasteiger partial charge in [-0.1, -0.05) is 12.1 Å². The Kier molecular flexibility index (Phi) is 3.42. The van der Waals surface area contributed by atoms with Gasteiger partial charge in [-0.2, -0.15) is 0 Å². The number of amides is 2. The molecule has 2 rings (SSSR count). The second-order valence-electron chi connectivity index (χ2n) is 4.33. The maximum absolute atomic E-state index is 11.8. The van der Waals surface area contributed by atoms with Crippen LogP contribution >= 0.6 is 0 Å². The molecule has 0 unspecified atom stereocenters. The van der Waals surface area contributed by atoms with Crippen molar-refractivity contribution in [2.24, 2.45) is 0 Å². The van der Waals surface area contributed by atoms with E-state index >= 15 is 0 Å². The molecule has 0 aliphatic carbocycles. The number of carbonyl (C=O) groups excluding carboxylic acids is 2. The van der Waals surface area contributed by atoms with Gasteiger partial charge in [0.2, 0.25) is 11.8 Å². The Bertz CT molecular complexity index is 425. The molecule has 90 valence electrons. The van der Waals surface area contributed by atoms with Crippen molar-refractivity contribution in [3.63, 3.8) is 0 Å². The molecule has 1 aliphatic heterocycles. The third-order valence-electron chi connectivity index (χ3n) is 2.93. The first-order valence-electron chi connectivity index (χ1n) is 5.84. The molecule has 0 aromatic heterocycles.